The molecule has 1 aliphatic carbocycles. The first kappa shape index (κ1) is 13.3. The molecule has 1 nitrogen and oxygen atoms in total. The van der Waals surface area contributed by atoms with Crippen LogP contribution in [0.5, 0.6) is 0 Å². The molecule has 0 saturated carbocycles. The van der Waals surface area contributed by atoms with Gasteiger partial charge in [-0.25, -0.2) is 4.57 Å². The smallest absolute Gasteiger partial charge is 0.201 e. The molecule has 0 amide bonds. The lowest BCUT2D eigenvalue weighted by Gasteiger charge is -2.13. The van der Waals surface area contributed by atoms with Gasteiger partial charge < -0.3 is 0 Å². The van der Waals surface area contributed by atoms with Gasteiger partial charge in [0.25, 0.3) is 0 Å². The van der Waals surface area contributed by atoms with Crippen LogP contribution in [0, 0.1) is 6.92 Å². The number of hydrogen-bond acceptors (Lipinski definition) is 0. The van der Waals surface area contributed by atoms with E-state index in [0.29, 0.717) is 11.1 Å². The molecule has 0 aliphatic heterocycles. The Bertz CT molecular complexity index is 1360. The Kier molecular flexibility index (Phi) is 3.28. The Morgan fingerprint density at radius 3 is 2.43 bits per heavy atom. The maximum Gasteiger partial charge on any atom is 0.213 e. The fraction of sp³-hybridized carbons (Fsp3) is 0.222. The molecule has 0 atom stereocenters. The number of nitrogens with zero attached hydrogens (tertiary/aromatic N) is 1. The Balaban J connectivity index is 1.89. The van der Waals surface area contributed by atoms with Crippen molar-refractivity contribution in [1.82, 2.24) is 0 Å². The van der Waals surface area contributed by atoms with E-state index in [4.69, 9.17) is 5.48 Å². The van der Waals surface area contributed by atoms with E-state index in [9.17, 15) is 0 Å². The fourth-order valence-electron chi connectivity index (χ4n) is 4.10. The minimum absolute atomic E-state index is 0.103. The highest BCUT2D eigenvalue weighted by molar-refractivity contribution is 5.99. The van der Waals surface area contributed by atoms with Crippen molar-refractivity contribution in [3.8, 4) is 22.4 Å². The summed E-state index contributed by atoms with van der Waals surface area (Å²) >= 11 is 0. The van der Waals surface area contributed by atoms with Crippen LogP contribution in [0.2, 0.25) is 0 Å². The molecule has 28 heavy (non-hydrogen) atoms. The molecular weight excluding hydrogens is 338 g/mol. The van der Waals surface area contributed by atoms with Crippen molar-refractivity contribution in [3.63, 3.8) is 0 Å². The number of aryl methyl sites for hydroxylation is 4. The van der Waals surface area contributed by atoms with Gasteiger partial charge >= 0.3 is 0 Å². The molecule has 1 aromatic heterocycles. The molecule has 0 saturated heterocycles. The van der Waals surface area contributed by atoms with Crippen molar-refractivity contribution in [3.05, 3.63) is 89.6 Å². The molecule has 0 fully saturated rings. The Morgan fingerprint density at radius 1 is 0.821 bits per heavy atom. The minimum Gasteiger partial charge on any atom is -0.201 e. The lowest BCUT2D eigenvalue weighted by atomic mass is 9.91. The number of fused-ring (bicyclic) bond motifs is 7. The predicted molar refractivity (Wildman–Crippen MR) is 117 cm³/mol. The third kappa shape index (κ3) is 3.01. The predicted octanol–water partition coefficient (Wildman–Crippen LogP) is 6.19. The van der Waals surface area contributed by atoms with Crippen molar-refractivity contribution in [1.29, 1.82) is 0 Å². The quantitative estimate of drug-likeness (QED) is 0.326. The van der Waals surface area contributed by atoms with Gasteiger partial charge in [0.1, 0.15) is 7.05 Å². The summed E-state index contributed by atoms with van der Waals surface area (Å²) in [4.78, 5) is 0. The molecule has 4 aromatic rings. The van der Waals surface area contributed by atoms with Gasteiger partial charge in [0.05, 0.1) is 5.56 Å². The summed E-state index contributed by atoms with van der Waals surface area (Å²) in [6.07, 6.45) is -1.13. The second-order valence-electron chi connectivity index (χ2n) is 7.54. The van der Waals surface area contributed by atoms with Gasteiger partial charge in [-0.1, -0.05) is 48.5 Å². The van der Waals surface area contributed by atoms with E-state index in [1.54, 1.807) is 0 Å². The van der Waals surface area contributed by atoms with Gasteiger partial charge in [0.15, 0.2) is 6.20 Å². The average molecular weight is 369 g/mol. The first-order chi connectivity index (χ1) is 15.2. The summed E-state index contributed by atoms with van der Waals surface area (Å²) < 4.78 is 36.9. The molecule has 138 valence electrons. The van der Waals surface area contributed by atoms with E-state index in [0.717, 1.165) is 38.7 Å². The summed E-state index contributed by atoms with van der Waals surface area (Å²) in [5, 5.41) is 2.24. The topological polar surface area (TPSA) is 3.88 Å². The molecular formula is C27H26N+. The van der Waals surface area contributed by atoms with Gasteiger partial charge in [-0.2, -0.15) is 0 Å². The fourth-order valence-corrected chi connectivity index (χ4v) is 4.10. The number of aromatic nitrogens is 1. The molecule has 3 aromatic carbocycles. The number of rotatable bonds is 0. The zero-order valence-electron chi connectivity index (χ0n) is 20.3. The van der Waals surface area contributed by atoms with E-state index < -0.39 is 12.7 Å². The van der Waals surface area contributed by atoms with Crippen LogP contribution in [0.3, 0.4) is 0 Å². The van der Waals surface area contributed by atoms with Crippen LogP contribution in [-0.2, 0) is 19.8 Å². The molecule has 0 N–H and O–H groups in total. The molecule has 1 heterocycles. The summed E-state index contributed by atoms with van der Waals surface area (Å²) in [5.74, 6) is 0. The van der Waals surface area contributed by atoms with Gasteiger partial charge in [-0.15, -0.1) is 0 Å². The van der Waals surface area contributed by atoms with Crippen LogP contribution in [0.25, 0.3) is 33.2 Å². The highest BCUT2D eigenvalue weighted by Gasteiger charge is 2.18. The third-order valence-electron chi connectivity index (χ3n) is 5.62. The van der Waals surface area contributed by atoms with Crippen LogP contribution in [0.4, 0.5) is 0 Å². The summed E-state index contributed by atoms with van der Waals surface area (Å²) in [6.45, 7) is 2.10. The Morgan fingerprint density at radius 2 is 1.57 bits per heavy atom. The van der Waals surface area contributed by atoms with Crippen LogP contribution < -0.4 is 4.57 Å². The van der Waals surface area contributed by atoms with Crippen molar-refractivity contribution in [2.45, 2.75) is 32.5 Å². The number of pyridine rings is 1. The standard InChI is InChI=1S/C27H26N/c1-19-10-11-22-12-13-24-18-25(22)27(19)26-17-21(14-15-28(26)2)7-4-3-6-20-8-5-9-23(24)16-20/h5,8-18H,3-4,6-7H2,1-2H3/q+1/i6D2,7D2. The molecule has 0 spiro atoms. The van der Waals surface area contributed by atoms with Gasteiger partial charge in [-0.3, -0.25) is 0 Å². The van der Waals surface area contributed by atoms with E-state index in [2.05, 4.69) is 37.3 Å². The molecule has 6 bridgehead atoms. The zero-order chi connectivity index (χ0) is 22.7. The SMILES string of the molecule is [2H]C1([2H])CCC([2H])([2H])c2cc[n+](C)c(c2)-c2c(C)ccc3ccc(cc23)-c2cccc1c2. The maximum atomic E-state index is 8.76. The maximum absolute atomic E-state index is 8.76. The molecule has 0 radical (unpaired) electrons. The largest absolute Gasteiger partial charge is 0.213 e. The first-order valence-corrected chi connectivity index (χ1v) is 9.81. The lowest BCUT2D eigenvalue weighted by Crippen LogP contribution is -2.30. The Labute approximate surface area is 172 Å². The van der Waals surface area contributed by atoms with E-state index >= 15 is 0 Å². The van der Waals surface area contributed by atoms with Crippen molar-refractivity contribution in [2.24, 2.45) is 7.05 Å². The third-order valence-corrected chi connectivity index (χ3v) is 5.62. The lowest BCUT2D eigenvalue weighted by molar-refractivity contribution is -0.660. The monoisotopic (exact) mass is 368 g/mol. The molecule has 0 unspecified atom stereocenters. The average Bonchev–Trinajstić information content (AvgIpc) is 2.78. The molecule has 5 rings (SSSR count). The van der Waals surface area contributed by atoms with Crippen LogP contribution in [0.1, 0.15) is 35.0 Å². The Hall–Kier alpha value is -2.93. The van der Waals surface area contributed by atoms with E-state index in [1.807, 2.05) is 54.2 Å². The van der Waals surface area contributed by atoms with Gasteiger partial charge in [0.2, 0.25) is 5.69 Å². The van der Waals surface area contributed by atoms with Crippen LogP contribution in [0.15, 0.2) is 72.9 Å². The number of hydrogen-bond donors (Lipinski definition) is 0. The summed E-state index contributed by atoms with van der Waals surface area (Å²) in [5.41, 5.74) is 6.40. The van der Waals surface area contributed by atoms with Crippen molar-refractivity contribution in [2.75, 3.05) is 0 Å². The van der Waals surface area contributed by atoms with Gasteiger partial charge in [-0.05, 0) is 77.2 Å². The van der Waals surface area contributed by atoms with Gasteiger partial charge in [0, 0.05) is 17.6 Å². The van der Waals surface area contributed by atoms with E-state index in [1.165, 1.54) is 0 Å². The normalized spacial score (nSPS) is 19.2. The highest BCUT2D eigenvalue weighted by atomic mass is 14.9. The van der Waals surface area contributed by atoms with Crippen molar-refractivity contribution >= 4 is 10.8 Å². The van der Waals surface area contributed by atoms with E-state index in [-0.39, 0.29) is 12.8 Å². The molecule has 1 heteroatoms. The summed E-state index contributed by atoms with van der Waals surface area (Å²) in [7, 11) is 1.99. The number of benzene rings is 3. The molecule has 1 aliphatic rings. The zero-order valence-corrected chi connectivity index (χ0v) is 16.3. The summed E-state index contributed by atoms with van der Waals surface area (Å²) in [6, 6.07) is 22.0. The first-order valence-electron chi connectivity index (χ1n) is 11.8. The second kappa shape index (κ2) is 6.91. The van der Waals surface area contributed by atoms with Crippen LogP contribution >= 0.6 is 0 Å². The van der Waals surface area contributed by atoms with Crippen LogP contribution in [-0.4, -0.2) is 0 Å². The van der Waals surface area contributed by atoms with Crippen molar-refractivity contribution < 1.29 is 10.1 Å². The highest BCUT2D eigenvalue weighted by Crippen LogP contribution is 2.34. The minimum atomic E-state index is -1.64. The second-order valence-corrected chi connectivity index (χ2v) is 7.54.